The summed E-state index contributed by atoms with van der Waals surface area (Å²) in [6.07, 6.45) is 6.67. The molecule has 23 heavy (non-hydrogen) atoms. The van der Waals surface area contributed by atoms with Crippen LogP contribution in [0.15, 0.2) is 24.5 Å². The lowest BCUT2D eigenvalue weighted by Gasteiger charge is -2.33. The number of aromatic nitrogens is 2. The van der Waals surface area contributed by atoms with Gasteiger partial charge in [0, 0.05) is 42.8 Å². The molecule has 5 heteroatoms. The Morgan fingerprint density at radius 3 is 3.04 bits per heavy atom. The Labute approximate surface area is 141 Å². The summed E-state index contributed by atoms with van der Waals surface area (Å²) in [6.45, 7) is 7.47. The molecule has 2 fully saturated rings. The Hall–Kier alpha value is -1.30. The lowest BCUT2D eigenvalue weighted by molar-refractivity contribution is -0.00104. The number of fused-ring (bicyclic) bond motifs is 1. The van der Waals surface area contributed by atoms with Gasteiger partial charge in [0.1, 0.15) is 11.1 Å². The molecule has 4 nitrogen and oxygen atoms in total. The lowest BCUT2D eigenvalue weighted by atomic mass is 9.92. The second-order valence-corrected chi connectivity index (χ2v) is 7.97. The van der Waals surface area contributed by atoms with E-state index in [9.17, 15) is 0 Å². The third kappa shape index (κ3) is 3.18. The molecule has 2 aliphatic rings. The first-order valence-corrected chi connectivity index (χ1v) is 9.21. The molecule has 0 aliphatic carbocycles. The van der Waals surface area contributed by atoms with Gasteiger partial charge in [-0.1, -0.05) is 6.07 Å². The summed E-state index contributed by atoms with van der Waals surface area (Å²) in [5.74, 6) is 0.634. The minimum atomic E-state index is 0.209. The largest absolute Gasteiger partial charge is 0.367 e. The van der Waals surface area contributed by atoms with Gasteiger partial charge in [0.05, 0.1) is 11.8 Å². The summed E-state index contributed by atoms with van der Waals surface area (Å²) < 4.78 is 6.33. The van der Waals surface area contributed by atoms with E-state index in [0.29, 0.717) is 12.0 Å². The highest BCUT2D eigenvalue weighted by molar-refractivity contribution is 7.11. The quantitative estimate of drug-likeness (QED) is 0.864. The van der Waals surface area contributed by atoms with E-state index in [4.69, 9.17) is 9.72 Å². The van der Waals surface area contributed by atoms with Crippen molar-refractivity contribution in [2.75, 3.05) is 13.1 Å². The first-order valence-electron chi connectivity index (χ1n) is 8.39. The van der Waals surface area contributed by atoms with E-state index in [0.717, 1.165) is 38.2 Å². The number of hydrogen-bond acceptors (Lipinski definition) is 5. The van der Waals surface area contributed by atoms with Crippen molar-refractivity contribution in [2.24, 2.45) is 5.92 Å². The molecule has 2 saturated heterocycles. The smallest absolute Gasteiger partial charge is 0.122 e. The molecule has 0 bridgehead atoms. The molecule has 4 rings (SSSR count). The Morgan fingerprint density at radius 2 is 2.30 bits per heavy atom. The fourth-order valence-electron chi connectivity index (χ4n) is 3.72. The van der Waals surface area contributed by atoms with Crippen molar-refractivity contribution >= 4 is 11.3 Å². The molecule has 0 aromatic carbocycles. The van der Waals surface area contributed by atoms with Gasteiger partial charge in [-0.25, -0.2) is 4.98 Å². The zero-order chi connectivity index (χ0) is 15.8. The number of piperidine rings is 1. The first-order chi connectivity index (χ1) is 11.2. The van der Waals surface area contributed by atoms with Gasteiger partial charge < -0.3 is 4.74 Å². The van der Waals surface area contributed by atoms with E-state index in [1.807, 2.05) is 18.5 Å². The highest BCUT2D eigenvalue weighted by Crippen LogP contribution is 2.42. The number of hydrogen-bond donors (Lipinski definition) is 0. The number of pyridine rings is 1. The Morgan fingerprint density at radius 1 is 1.39 bits per heavy atom. The van der Waals surface area contributed by atoms with Crippen molar-refractivity contribution in [2.45, 2.75) is 45.4 Å². The van der Waals surface area contributed by atoms with Crippen LogP contribution in [0.25, 0.3) is 0 Å². The standard InChI is InChI=1S/C18H23N3OS/c1-12-13(2)23-18(20-12)17-8-15-11-21(7-5-16(15)22-17)10-14-4-3-6-19-9-14/h3-4,6,9,15-17H,5,7-8,10-11H2,1-2H3/t15-,16-,17+/m1/s1. The molecule has 0 N–H and O–H groups in total. The second-order valence-electron chi connectivity index (χ2n) is 6.74. The van der Waals surface area contributed by atoms with Crippen molar-refractivity contribution in [1.29, 1.82) is 0 Å². The maximum atomic E-state index is 6.33. The molecule has 0 saturated carbocycles. The molecule has 2 aromatic heterocycles. The minimum Gasteiger partial charge on any atom is -0.367 e. The molecule has 0 amide bonds. The Bertz CT molecular complexity index is 653. The third-order valence-electron chi connectivity index (χ3n) is 5.05. The fraction of sp³-hybridized carbons (Fsp3) is 0.556. The molecule has 2 aromatic rings. The zero-order valence-corrected chi connectivity index (χ0v) is 14.6. The Kier molecular flexibility index (Phi) is 4.18. The summed E-state index contributed by atoms with van der Waals surface area (Å²) in [4.78, 5) is 12.8. The molecule has 4 heterocycles. The summed E-state index contributed by atoms with van der Waals surface area (Å²) in [7, 11) is 0. The van der Waals surface area contributed by atoms with E-state index < -0.39 is 0 Å². The second kappa shape index (κ2) is 6.30. The average Bonchev–Trinajstić information content (AvgIpc) is 3.12. The fourth-order valence-corrected chi connectivity index (χ4v) is 4.69. The van der Waals surface area contributed by atoms with Crippen molar-refractivity contribution < 1.29 is 4.74 Å². The van der Waals surface area contributed by atoms with Crippen LogP contribution in [0.5, 0.6) is 0 Å². The van der Waals surface area contributed by atoms with Gasteiger partial charge in [-0.3, -0.25) is 9.88 Å². The van der Waals surface area contributed by atoms with Crippen LogP contribution in [0, 0.1) is 19.8 Å². The van der Waals surface area contributed by atoms with E-state index in [1.165, 1.54) is 15.4 Å². The number of ether oxygens (including phenoxy) is 1. The maximum Gasteiger partial charge on any atom is 0.122 e. The van der Waals surface area contributed by atoms with E-state index in [-0.39, 0.29) is 6.10 Å². The van der Waals surface area contributed by atoms with Gasteiger partial charge >= 0.3 is 0 Å². The SMILES string of the molecule is Cc1nc([C@@H]2C[C@@H]3CN(Cc4cccnc4)CC[C@H]3O2)sc1C. The van der Waals surface area contributed by atoms with Gasteiger partial charge in [0.15, 0.2) is 0 Å². The van der Waals surface area contributed by atoms with Gasteiger partial charge in [-0.05, 0) is 38.3 Å². The van der Waals surface area contributed by atoms with Gasteiger partial charge in [-0.2, -0.15) is 0 Å². The van der Waals surface area contributed by atoms with E-state index in [1.54, 1.807) is 11.3 Å². The Balaban J connectivity index is 1.40. The van der Waals surface area contributed by atoms with Crippen molar-refractivity contribution in [3.8, 4) is 0 Å². The molecular formula is C18H23N3OS. The molecule has 122 valence electrons. The normalized spacial score (nSPS) is 28.0. The predicted molar refractivity (Wildman–Crippen MR) is 91.4 cm³/mol. The summed E-state index contributed by atoms with van der Waals surface area (Å²) >= 11 is 1.80. The average molecular weight is 329 g/mol. The number of nitrogens with zero attached hydrogens (tertiary/aromatic N) is 3. The number of aryl methyl sites for hydroxylation is 2. The summed E-state index contributed by atoms with van der Waals surface area (Å²) in [5.41, 5.74) is 2.45. The summed E-state index contributed by atoms with van der Waals surface area (Å²) in [6, 6.07) is 4.18. The molecule has 0 spiro atoms. The van der Waals surface area contributed by atoms with Crippen LogP contribution in [-0.2, 0) is 11.3 Å². The van der Waals surface area contributed by atoms with E-state index >= 15 is 0 Å². The van der Waals surface area contributed by atoms with Gasteiger partial charge in [-0.15, -0.1) is 11.3 Å². The monoisotopic (exact) mass is 329 g/mol. The van der Waals surface area contributed by atoms with Crippen LogP contribution in [0.1, 0.15) is 40.1 Å². The van der Waals surface area contributed by atoms with Crippen molar-refractivity contribution in [3.05, 3.63) is 45.7 Å². The molecule has 0 radical (unpaired) electrons. The van der Waals surface area contributed by atoms with E-state index in [2.05, 4.69) is 29.8 Å². The summed E-state index contributed by atoms with van der Waals surface area (Å²) in [5, 5.41) is 1.17. The zero-order valence-electron chi connectivity index (χ0n) is 13.7. The van der Waals surface area contributed by atoms with Crippen LogP contribution in [0.4, 0.5) is 0 Å². The number of thiazole rings is 1. The van der Waals surface area contributed by atoms with Gasteiger partial charge in [0.25, 0.3) is 0 Å². The predicted octanol–water partition coefficient (Wildman–Crippen LogP) is 3.51. The van der Waals surface area contributed by atoms with Crippen LogP contribution in [0.2, 0.25) is 0 Å². The van der Waals surface area contributed by atoms with Crippen LogP contribution >= 0.6 is 11.3 Å². The first kappa shape index (κ1) is 15.2. The molecular weight excluding hydrogens is 306 g/mol. The lowest BCUT2D eigenvalue weighted by Crippen LogP contribution is -2.40. The van der Waals surface area contributed by atoms with Crippen molar-refractivity contribution in [1.82, 2.24) is 14.9 Å². The third-order valence-corrected chi connectivity index (χ3v) is 6.22. The van der Waals surface area contributed by atoms with Crippen molar-refractivity contribution in [3.63, 3.8) is 0 Å². The van der Waals surface area contributed by atoms with Crippen LogP contribution in [-0.4, -0.2) is 34.1 Å². The number of rotatable bonds is 3. The minimum absolute atomic E-state index is 0.209. The van der Waals surface area contributed by atoms with Crippen LogP contribution < -0.4 is 0 Å². The highest BCUT2D eigenvalue weighted by Gasteiger charge is 2.40. The maximum absolute atomic E-state index is 6.33. The highest BCUT2D eigenvalue weighted by atomic mass is 32.1. The van der Waals surface area contributed by atoms with Crippen LogP contribution in [0.3, 0.4) is 0 Å². The van der Waals surface area contributed by atoms with Gasteiger partial charge in [0.2, 0.25) is 0 Å². The molecule has 3 atom stereocenters. The molecule has 2 aliphatic heterocycles. The molecule has 0 unspecified atom stereocenters. The topological polar surface area (TPSA) is 38.2 Å². The number of likely N-dealkylation sites (tertiary alicyclic amines) is 1.